The number of likely N-dealkylation sites (N-methyl/N-ethyl adjacent to an activating group) is 2. The first-order chi connectivity index (χ1) is 9.13. The highest BCUT2D eigenvalue weighted by Crippen LogP contribution is 2.26. The summed E-state index contributed by atoms with van der Waals surface area (Å²) in [4.78, 5) is 15.8. The molecule has 2 rings (SSSR count). The molecule has 19 heavy (non-hydrogen) atoms. The van der Waals surface area contributed by atoms with Crippen molar-refractivity contribution in [3.05, 3.63) is 35.4 Å². The Morgan fingerprint density at radius 2 is 2.11 bits per heavy atom. The van der Waals surface area contributed by atoms with Crippen LogP contribution in [0.4, 0.5) is 0 Å². The predicted molar refractivity (Wildman–Crippen MR) is 76.8 cm³/mol. The van der Waals surface area contributed by atoms with Gasteiger partial charge in [-0.3, -0.25) is 9.69 Å². The van der Waals surface area contributed by atoms with Crippen LogP contribution in [0.25, 0.3) is 0 Å². The SMILES string of the molecule is CCN(CC(=O)N(C)C)C1CNCc2ccccc21. The van der Waals surface area contributed by atoms with E-state index in [4.69, 9.17) is 0 Å². The summed E-state index contributed by atoms with van der Waals surface area (Å²) >= 11 is 0. The van der Waals surface area contributed by atoms with Crippen LogP contribution < -0.4 is 5.32 Å². The second kappa shape index (κ2) is 6.17. The first-order valence-electron chi connectivity index (χ1n) is 6.86. The zero-order valence-corrected chi connectivity index (χ0v) is 12.0. The zero-order chi connectivity index (χ0) is 13.8. The van der Waals surface area contributed by atoms with Gasteiger partial charge in [0, 0.05) is 33.2 Å². The van der Waals surface area contributed by atoms with Crippen molar-refractivity contribution in [1.82, 2.24) is 15.1 Å². The summed E-state index contributed by atoms with van der Waals surface area (Å²) in [5, 5.41) is 3.44. The van der Waals surface area contributed by atoms with Crippen molar-refractivity contribution >= 4 is 5.91 Å². The van der Waals surface area contributed by atoms with E-state index in [2.05, 4.69) is 41.4 Å². The number of rotatable bonds is 4. The van der Waals surface area contributed by atoms with Gasteiger partial charge in [-0.05, 0) is 17.7 Å². The largest absolute Gasteiger partial charge is 0.348 e. The molecule has 0 spiro atoms. The molecule has 1 aromatic carbocycles. The van der Waals surface area contributed by atoms with Crippen molar-refractivity contribution in [3.63, 3.8) is 0 Å². The molecular weight excluding hydrogens is 238 g/mol. The molecule has 1 aliphatic heterocycles. The van der Waals surface area contributed by atoms with Gasteiger partial charge in [0.15, 0.2) is 0 Å². The van der Waals surface area contributed by atoms with Gasteiger partial charge in [0.1, 0.15) is 0 Å². The minimum atomic E-state index is 0.157. The van der Waals surface area contributed by atoms with E-state index < -0.39 is 0 Å². The van der Waals surface area contributed by atoms with Crippen molar-refractivity contribution in [1.29, 1.82) is 0 Å². The molecule has 1 amide bonds. The Morgan fingerprint density at radius 3 is 2.79 bits per heavy atom. The van der Waals surface area contributed by atoms with Crippen LogP contribution >= 0.6 is 0 Å². The number of nitrogens with zero attached hydrogens (tertiary/aromatic N) is 2. The summed E-state index contributed by atoms with van der Waals surface area (Å²) < 4.78 is 0. The van der Waals surface area contributed by atoms with Crippen LogP contribution in [0.15, 0.2) is 24.3 Å². The monoisotopic (exact) mass is 261 g/mol. The highest BCUT2D eigenvalue weighted by atomic mass is 16.2. The molecular formula is C15H23N3O. The fraction of sp³-hybridized carbons (Fsp3) is 0.533. The van der Waals surface area contributed by atoms with Crippen molar-refractivity contribution in [2.45, 2.75) is 19.5 Å². The fourth-order valence-corrected chi connectivity index (χ4v) is 2.56. The van der Waals surface area contributed by atoms with Gasteiger partial charge in [0.25, 0.3) is 0 Å². The van der Waals surface area contributed by atoms with E-state index in [-0.39, 0.29) is 5.91 Å². The Hall–Kier alpha value is -1.39. The third kappa shape index (κ3) is 3.14. The lowest BCUT2D eigenvalue weighted by molar-refractivity contribution is -0.130. The molecule has 1 unspecified atom stereocenters. The summed E-state index contributed by atoms with van der Waals surface area (Å²) in [6.07, 6.45) is 0. The number of hydrogen-bond donors (Lipinski definition) is 1. The molecule has 1 N–H and O–H groups in total. The van der Waals surface area contributed by atoms with Crippen LogP contribution in [0.5, 0.6) is 0 Å². The minimum absolute atomic E-state index is 0.157. The first kappa shape index (κ1) is 14.0. The van der Waals surface area contributed by atoms with E-state index in [1.165, 1.54) is 11.1 Å². The van der Waals surface area contributed by atoms with E-state index in [0.717, 1.165) is 19.6 Å². The molecule has 0 saturated carbocycles. The molecule has 0 aromatic heterocycles. The number of nitrogens with one attached hydrogen (secondary N) is 1. The van der Waals surface area contributed by atoms with Crippen molar-refractivity contribution in [2.75, 3.05) is 33.7 Å². The van der Waals surface area contributed by atoms with E-state index in [1.807, 2.05) is 14.1 Å². The number of carbonyl (C=O) groups excluding carboxylic acids is 1. The maximum absolute atomic E-state index is 11.9. The average molecular weight is 261 g/mol. The molecule has 4 nitrogen and oxygen atoms in total. The first-order valence-corrected chi connectivity index (χ1v) is 6.86. The van der Waals surface area contributed by atoms with Crippen LogP contribution in [0, 0.1) is 0 Å². The molecule has 1 aromatic rings. The van der Waals surface area contributed by atoms with Gasteiger partial charge in [-0.1, -0.05) is 31.2 Å². The topological polar surface area (TPSA) is 35.6 Å². The fourth-order valence-electron chi connectivity index (χ4n) is 2.56. The van der Waals surface area contributed by atoms with Crippen LogP contribution in [0.1, 0.15) is 24.1 Å². The summed E-state index contributed by atoms with van der Waals surface area (Å²) in [7, 11) is 3.62. The number of fused-ring (bicyclic) bond motifs is 1. The van der Waals surface area contributed by atoms with E-state index >= 15 is 0 Å². The number of carbonyl (C=O) groups is 1. The molecule has 0 saturated heterocycles. The van der Waals surface area contributed by atoms with Gasteiger partial charge < -0.3 is 10.2 Å². The highest BCUT2D eigenvalue weighted by Gasteiger charge is 2.26. The molecule has 1 heterocycles. The van der Waals surface area contributed by atoms with Crippen LogP contribution in [0.2, 0.25) is 0 Å². The quantitative estimate of drug-likeness (QED) is 0.886. The number of benzene rings is 1. The van der Waals surface area contributed by atoms with Gasteiger partial charge in [-0.25, -0.2) is 0 Å². The Balaban J connectivity index is 2.18. The van der Waals surface area contributed by atoms with Gasteiger partial charge in [0.2, 0.25) is 5.91 Å². The Kier molecular flexibility index (Phi) is 4.56. The predicted octanol–water partition coefficient (Wildman–Crippen LogP) is 1.24. The smallest absolute Gasteiger partial charge is 0.236 e. The number of amides is 1. The minimum Gasteiger partial charge on any atom is -0.348 e. The van der Waals surface area contributed by atoms with Gasteiger partial charge in [0.05, 0.1) is 6.54 Å². The number of hydrogen-bond acceptors (Lipinski definition) is 3. The highest BCUT2D eigenvalue weighted by molar-refractivity contribution is 5.77. The molecule has 0 bridgehead atoms. The average Bonchev–Trinajstić information content (AvgIpc) is 2.44. The van der Waals surface area contributed by atoms with Crippen molar-refractivity contribution < 1.29 is 4.79 Å². The molecule has 104 valence electrons. The van der Waals surface area contributed by atoms with E-state index in [9.17, 15) is 4.79 Å². The van der Waals surface area contributed by atoms with Crippen LogP contribution in [0.3, 0.4) is 0 Å². The van der Waals surface area contributed by atoms with Gasteiger partial charge in [-0.15, -0.1) is 0 Å². The third-order valence-corrected chi connectivity index (χ3v) is 3.75. The van der Waals surface area contributed by atoms with Crippen LogP contribution in [-0.4, -0.2) is 49.4 Å². The second-order valence-electron chi connectivity index (χ2n) is 5.20. The second-order valence-corrected chi connectivity index (χ2v) is 5.20. The van der Waals surface area contributed by atoms with Crippen molar-refractivity contribution in [3.8, 4) is 0 Å². The van der Waals surface area contributed by atoms with E-state index in [0.29, 0.717) is 12.6 Å². The Bertz CT molecular complexity index is 445. The lowest BCUT2D eigenvalue weighted by atomic mass is 9.95. The Morgan fingerprint density at radius 1 is 1.37 bits per heavy atom. The lowest BCUT2D eigenvalue weighted by Crippen LogP contribution is -2.44. The van der Waals surface area contributed by atoms with Gasteiger partial charge in [-0.2, -0.15) is 0 Å². The standard InChI is InChI=1S/C15H23N3O/c1-4-18(11-15(19)17(2)3)14-10-16-9-12-7-5-6-8-13(12)14/h5-8,14,16H,4,9-11H2,1-3H3. The molecule has 1 aliphatic rings. The molecule has 0 aliphatic carbocycles. The van der Waals surface area contributed by atoms with Crippen LogP contribution in [-0.2, 0) is 11.3 Å². The summed E-state index contributed by atoms with van der Waals surface area (Å²) in [6, 6.07) is 8.79. The van der Waals surface area contributed by atoms with Crippen molar-refractivity contribution in [2.24, 2.45) is 0 Å². The summed E-state index contributed by atoms with van der Waals surface area (Å²) in [5.74, 6) is 0.157. The zero-order valence-electron chi connectivity index (χ0n) is 12.0. The molecule has 0 fully saturated rings. The molecule has 4 heteroatoms. The van der Waals surface area contributed by atoms with Gasteiger partial charge >= 0.3 is 0 Å². The summed E-state index contributed by atoms with van der Waals surface area (Å²) in [6.45, 7) is 5.29. The van der Waals surface area contributed by atoms with E-state index in [1.54, 1.807) is 4.90 Å². The lowest BCUT2D eigenvalue weighted by Gasteiger charge is -2.35. The molecule has 1 atom stereocenters. The summed E-state index contributed by atoms with van der Waals surface area (Å²) in [5.41, 5.74) is 2.70. The maximum Gasteiger partial charge on any atom is 0.236 e. The normalized spacial score (nSPS) is 18.2. The molecule has 0 radical (unpaired) electrons. The third-order valence-electron chi connectivity index (χ3n) is 3.75. The Labute approximate surface area is 115 Å². The maximum atomic E-state index is 11.9.